The quantitative estimate of drug-likeness (QED) is 0.627. The Bertz CT molecular complexity index is 1010. The van der Waals surface area contributed by atoms with Crippen molar-refractivity contribution in [1.82, 2.24) is 14.5 Å². The number of carbonyl (C=O) groups is 1. The van der Waals surface area contributed by atoms with E-state index in [4.69, 9.17) is 0 Å². The summed E-state index contributed by atoms with van der Waals surface area (Å²) in [4.78, 5) is 17.6. The van der Waals surface area contributed by atoms with Crippen LogP contribution in [0, 0.1) is 5.82 Å². The molecule has 0 spiro atoms. The molecule has 32 heavy (non-hydrogen) atoms. The van der Waals surface area contributed by atoms with Crippen LogP contribution in [-0.2, 0) is 21.2 Å². The van der Waals surface area contributed by atoms with Crippen LogP contribution in [0.15, 0.2) is 40.6 Å². The molecule has 3 heterocycles. The van der Waals surface area contributed by atoms with Crippen LogP contribution in [0.2, 0.25) is 0 Å². The normalized spacial score (nSPS) is 18.2. The summed E-state index contributed by atoms with van der Waals surface area (Å²) in [6.07, 6.45) is 2.00. The first-order valence-electron chi connectivity index (χ1n) is 11.0. The number of anilines is 1. The second kappa shape index (κ2) is 10.3. The Labute approximate surface area is 192 Å². The van der Waals surface area contributed by atoms with Crippen LogP contribution in [0.5, 0.6) is 0 Å². The average molecular weight is 481 g/mol. The molecule has 174 valence electrons. The summed E-state index contributed by atoms with van der Waals surface area (Å²) in [6, 6.07) is 9.92. The maximum absolute atomic E-state index is 13.1. The van der Waals surface area contributed by atoms with Gasteiger partial charge in [-0.15, -0.1) is 11.3 Å². The molecule has 7 nitrogen and oxygen atoms in total. The minimum absolute atomic E-state index is 0.0954. The summed E-state index contributed by atoms with van der Waals surface area (Å²) in [7, 11) is -3.42. The van der Waals surface area contributed by atoms with Crippen molar-refractivity contribution in [3.63, 3.8) is 0 Å². The molecule has 2 aliphatic rings. The van der Waals surface area contributed by atoms with Gasteiger partial charge in [-0.1, -0.05) is 0 Å². The summed E-state index contributed by atoms with van der Waals surface area (Å²) in [5.41, 5.74) is 1.03. The highest BCUT2D eigenvalue weighted by Crippen LogP contribution is 2.27. The third kappa shape index (κ3) is 5.67. The standard InChI is InChI=1S/C22H29FN4O3S2/c23-18-3-5-19(6-4-18)26-15-13-25(14-16-26)12-9-24-21(28)17-20-7-8-22(31-20)32(29,30)27-10-1-2-11-27/h3-8H,1-2,9-17H2,(H,24,28). The third-order valence-corrected chi connectivity index (χ3v) is 9.40. The Balaban J connectivity index is 1.18. The van der Waals surface area contributed by atoms with Gasteiger partial charge < -0.3 is 10.2 Å². The molecule has 0 atom stereocenters. The predicted molar refractivity (Wildman–Crippen MR) is 124 cm³/mol. The molecule has 4 rings (SSSR count). The van der Waals surface area contributed by atoms with E-state index < -0.39 is 10.0 Å². The van der Waals surface area contributed by atoms with Gasteiger partial charge in [0.25, 0.3) is 10.0 Å². The van der Waals surface area contributed by atoms with E-state index in [1.54, 1.807) is 24.3 Å². The number of rotatable bonds is 8. The number of benzene rings is 1. The van der Waals surface area contributed by atoms with Crippen LogP contribution in [0.1, 0.15) is 17.7 Å². The molecule has 2 fully saturated rings. The van der Waals surface area contributed by atoms with Crippen LogP contribution < -0.4 is 10.2 Å². The van der Waals surface area contributed by atoms with Gasteiger partial charge in [0.15, 0.2) is 0 Å². The summed E-state index contributed by atoms with van der Waals surface area (Å²) >= 11 is 1.19. The number of piperazine rings is 1. The molecule has 0 bridgehead atoms. The number of nitrogens with one attached hydrogen (secondary N) is 1. The summed E-state index contributed by atoms with van der Waals surface area (Å²) in [5, 5.41) is 2.94. The zero-order valence-electron chi connectivity index (χ0n) is 18.0. The Morgan fingerprint density at radius 1 is 0.969 bits per heavy atom. The smallest absolute Gasteiger partial charge is 0.252 e. The predicted octanol–water partition coefficient (Wildman–Crippen LogP) is 2.15. The van der Waals surface area contributed by atoms with Gasteiger partial charge in [0.05, 0.1) is 6.42 Å². The van der Waals surface area contributed by atoms with Crippen molar-refractivity contribution in [1.29, 1.82) is 0 Å². The summed E-state index contributed by atoms with van der Waals surface area (Å²) in [5.74, 6) is -0.322. The number of thiophene rings is 1. The third-order valence-electron chi connectivity index (χ3n) is 5.95. The van der Waals surface area contributed by atoms with E-state index in [0.29, 0.717) is 23.8 Å². The maximum Gasteiger partial charge on any atom is 0.252 e. The Hall–Kier alpha value is -2.01. The first-order chi connectivity index (χ1) is 15.4. The van der Waals surface area contributed by atoms with E-state index in [2.05, 4.69) is 15.1 Å². The first kappa shape index (κ1) is 23.2. The van der Waals surface area contributed by atoms with Gasteiger partial charge in [-0.05, 0) is 49.2 Å². The molecule has 2 aliphatic heterocycles. The Kier molecular flexibility index (Phi) is 7.44. The number of halogens is 1. The zero-order valence-corrected chi connectivity index (χ0v) is 19.6. The highest BCUT2D eigenvalue weighted by atomic mass is 32.2. The van der Waals surface area contributed by atoms with Crippen molar-refractivity contribution in [2.24, 2.45) is 0 Å². The summed E-state index contributed by atoms with van der Waals surface area (Å²) in [6.45, 7) is 5.97. The van der Waals surface area contributed by atoms with Gasteiger partial charge in [-0.3, -0.25) is 9.69 Å². The van der Waals surface area contributed by atoms with Gasteiger partial charge >= 0.3 is 0 Å². The van der Waals surface area contributed by atoms with E-state index in [0.717, 1.165) is 56.1 Å². The lowest BCUT2D eigenvalue weighted by Crippen LogP contribution is -2.48. The molecular formula is C22H29FN4O3S2. The Morgan fingerprint density at radius 3 is 2.34 bits per heavy atom. The fourth-order valence-corrected chi connectivity index (χ4v) is 7.13. The van der Waals surface area contributed by atoms with Crippen LogP contribution in [0.4, 0.5) is 10.1 Å². The zero-order chi connectivity index (χ0) is 22.6. The van der Waals surface area contributed by atoms with E-state index in [1.165, 1.54) is 27.8 Å². The van der Waals surface area contributed by atoms with Gasteiger partial charge in [-0.2, -0.15) is 4.31 Å². The molecule has 1 N–H and O–H groups in total. The van der Waals surface area contributed by atoms with Crippen LogP contribution in [0.25, 0.3) is 0 Å². The minimum Gasteiger partial charge on any atom is -0.369 e. The van der Waals surface area contributed by atoms with Crippen molar-refractivity contribution in [2.75, 3.05) is 57.3 Å². The van der Waals surface area contributed by atoms with Crippen molar-refractivity contribution < 1.29 is 17.6 Å². The molecule has 10 heteroatoms. The fraction of sp³-hybridized carbons (Fsp3) is 0.500. The molecule has 0 radical (unpaired) electrons. The molecular weight excluding hydrogens is 451 g/mol. The highest BCUT2D eigenvalue weighted by molar-refractivity contribution is 7.91. The maximum atomic E-state index is 13.1. The monoisotopic (exact) mass is 480 g/mol. The second-order valence-corrected chi connectivity index (χ2v) is 11.5. The van der Waals surface area contributed by atoms with Gasteiger partial charge in [0.2, 0.25) is 5.91 Å². The SMILES string of the molecule is O=C(Cc1ccc(S(=O)(=O)N2CCCC2)s1)NCCN1CCN(c2ccc(F)cc2)CC1. The van der Waals surface area contributed by atoms with Crippen LogP contribution >= 0.6 is 11.3 Å². The average Bonchev–Trinajstić information content (AvgIpc) is 3.48. The second-order valence-electron chi connectivity index (χ2n) is 8.16. The van der Waals surface area contributed by atoms with E-state index in [1.807, 2.05) is 0 Å². The molecule has 0 unspecified atom stereocenters. The first-order valence-corrected chi connectivity index (χ1v) is 13.3. The van der Waals surface area contributed by atoms with E-state index in [9.17, 15) is 17.6 Å². The molecule has 0 saturated carbocycles. The van der Waals surface area contributed by atoms with Crippen molar-refractivity contribution in [2.45, 2.75) is 23.5 Å². The Morgan fingerprint density at radius 2 is 1.66 bits per heavy atom. The molecule has 1 aromatic carbocycles. The largest absolute Gasteiger partial charge is 0.369 e. The van der Waals surface area contributed by atoms with Crippen molar-refractivity contribution in [3.05, 3.63) is 47.1 Å². The summed E-state index contributed by atoms with van der Waals surface area (Å²) < 4.78 is 40.2. The minimum atomic E-state index is -3.42. The molecule has 1 aromatic heterocycles. The van der Waals surface area contributed by atoms with Gasteiger partial charge in [0.1, 0.15) is 10.0 Å². The van der Waals surface area contributed by atoms with E-state index in [-0.39, 0.29) is 18.1 Å². The topological polar surface area (TPSA) is 73.0 Å². The number of amides is 1. The lowest BCUT2D eigenvalue weighted by atomic mass is 10.2. The molecule has 2 aromatic rings. The lowest BCUT2D eigenvalue weighted by molar-refractivity contribution is -0.120. The lowest BCUT2D eigenvalue weighted by Gasteiger charge is -2.36. The highest BCUT2D eigenvalue weighted by Gasteiger charge is 2.28. The van der Waals surface area contributed by atoms with Crippen molar-refractivity contribution in [3.8, 4) is 0 Å². The van der Waals surface area contributed by atoms with Crippen LogP contribution in [-0.4, -0.2) is 75.9 Å². The van der Waals surface area contributed by atoms with Gasteiger partial charge in [-0.25, -0.2) is 12.8 Å². The number of carbonyl (C=O) groups excluding carboxylic acids is 1. The molecule has 1 amide bonds. The fourth-order valence-electron chi connectivity index (χ4n) is 4.10. The number of hydrogen-bond acceptors (Lipinski definition) is 6. The molecule has 2 saturated heterocycles. The number of hydrogen-bond donors (Lipinski definition) is 1. The van der Waals surface area contributed by atoms with Crippen molar-refractivity contribution >= 4 is 33.0 Å². The van der Waals surface area contributed by atoms with Gasteiger partial charge in [0, 0.05) is 62.9 Å². The number of nitrogens with zero attached hydrogens (tertiary/aromatic N) is 3. The van der Waals surface area contributed by atoms with E-state index >= 15 is 0 Å². The van der Waals surface area contributed by atoms with Crippen LogP contribution in [0.3, 0.4) is 0 Å². The molecule has 0 aliphatic carbocycles. The number of sulfonamides is 1.